The molecular formula is C12H16N2OS. The van der Waals surface area contributed by atoms with E-state index in [0.717, 1.165) is 28.3 Å². The number of hydrogen-bond acceptors (Lipinski definition) is 3. The zero-order chi connectivity index (χ0) is 11.5. The molecule has 1 heterocycles. The molecule has 0 spiro atoms. The number of nitrogen functional groups attached to an aromatic ring is 1. The number of aryl methyl sites for hydroxylation is 1. The molecule has 1 atom stereocenters. The fraction of sp³-hybridized carbons (Fsp3) is 0.417. The number of thioether (sulfide) groups is 1. The first-order valence-electron chi connectivity index (χ1n) is 5.44. The first kappa shape index (κ1) is 11.3. The van der Waals surface area contributed by atoms with Crippen molar-refractivity contribution in [2.24, 2.45) is 0 Å². The molecule has 0 bridgehead atoms. The van der Waals surface area contributed by atoms with Crippen molar-refractivity contribution in [1.29, 1.82) is 0 Å². The lowest BCUT2D eigenvalue weighted by atomic mass is 10.2. The van der Waals surface area contributed by atoms with Crippen LogP contribution in [-0.4, -0.2) is 17.7 Å². The number of carbonyl (C=O) groups is 1. The van der Waals surface area contributed by atoms with Crippen LogP contribution in [0.5, 0.6) is 0 Å². The van der Waals surface area contributed by atoms with Crippen LogP contribution in [0.1, 0.15) is 18.4 Å². The second-order valence-corrected chi connectivity index (χ2v) is 5.16. The molecule has 0 aliphatic carbocycles. The smallest absolute Gasteiger partial charge is 0.220 e. The summed E-state index contributed by atoms with van der Waals surface area (Å²) in [5, 5.41) is 2.96. The van der Waals surface area contributed by atoms with Gasteiger partial charge in [0.15, 0.2) is 0 Å². The van der Waals surface area contributed by atoms with Crippen molar-refractivity contribution in [3.8, 4) is 0 Å². The molecule has 3 N–H and O–H groups in total. The minimum atomic E-state index is 0.169. The lowest BCUT2D eigenvalue weighted by molar-refractivity contribution is -0.119. The highest BCUT2D eigenvalue weighted by atomic mass is 32.2. The molecule has 1 aliphatic rings. The highest BCUT2D eigenvalue weighted by Crippen LogP contribution is 2.28. The molecule has 1 fully saturated rings. The number of rotatable bonds is 3. The van der Waals surface area contributed by atoms with Crippen molar-refractivity contribution in [2.75, 3.05) is 11.5 Å². The van der Waals surface area contributed by atoms with E-state index in [1.807, 2.05) is 25.1 Å². The maximum Gasteiger partial charge on any atom is 0.220 e. The number of hydrogen-bond donors (Lipinski definition) is 2. The van der Waals surface area contributed by atoms with Crippen LogP contribution in [0.3, 0.4) is 0 Å². The summed E-state index contributed by atoms with van der Waals surface area (Å²) < 4.78 is 0. The average Bonchev–Trinajstić information content (AvgIpc) is 2.67. The van der Waals surface area contributed by atoms with Gasteiger partial charge in [0.25, 0.3) is 0 Å². The molecule has 0 saturated carbocycles. The number of para-hydroxylation sites is 1. The van der Waals surface area contributed by atoms with Crippen LogP contribution in [0.15, 0.2) is 23.1 Å². The van der Waals surface area contributed by atoms with Gasteiger partial charge in [-0.3, -0.25) is 4.79 Å². The maximum atomic E-state index is 11.0. The highest BCUT2D eigenvalue weighted by molar-refractivity contribution is 7.99. The topological polar surface area (TPSA) is 55.1 Å². The Balaban J connectivity index is 1.94. The van der Waals surface area contributed by atoms with Gasteiger partial charge in [-0.1, -0.05) is 12.1 Å². The summed E-state index contributed by atoms with van der Waals surface area (Å²) in [5.41, 5.74) is 7.96. The van der Waals surface area contributed by atoms with Gasteiger partial charge in [-0.15, -0.1) is 11.8 Å². The van der Waals surface area contributed by atoms with Crippen molar-refractivity contribution in [3.05, 3.63) is 23.8 Å². The predicted octanol–water partition coefficient (Wildman–Crippen LogP) is 1.95. The summed E-state index contributed by atoms with van der Waals surface area (Å²) in [6.07, 6.45) is 1.60. The molecule has 86 valence electrons. The first-order valence-corrected chi connectivity index (χ1v) is 6.42. The number of anilines is 1. The van der Waals surface area contributed by atoms with Crippen molar-refractivity contribution >= 4 is 23.4 Å². The third-order valence-corrected chi connectivity index (χ3v) is 4.05. The zero-order valence-electron chi connectivity index (χ0n) is 9.32. The van der Waals surface area contributed by atoms with E-state index in [9.17, 15) is 4.79 Å². The minimum absolute atomic E-state index is 0.169. The van der Waals surface area contributed by atoms with Crippen LogP contribution >= 0.6 is 11.8 Å². The summed E-state index contributed by atoms with van der Waals surface area (Å²) in [7, 11) is 0. The molecular weight excluding hydrogens is 220 g/mol. The largest absolute Gasteiger partial charge is 0.398 e. The lowest BCUT2D eigenvalue weighted by Crippen LogP contribution is -2.27. The predicted molar refractivity (Wildman–Crippen MR) is 67.5 cm³/mol. The van der Waals surface area contributed by atoms with E-state index in [0.29, 0.717) is 12.5 Å². The Hall–Kier alpha value is -1.16. The summed E-state index contributed by atoms with van der Waals surface area (Å²) >= 11 is 1.72. The highest BCUT2D eigenvalue weighted by Gasteiger charge is 2.20. The van der Waals surface area contributed by atoms with Crippen LogP contribution in [0.25, 0.3) is 0 Å². The molecule has 1 aromatic carbocycles. The molecule has 1 unspecified atom stereocenters. The fourth-order valence-corrected chi connectivity index (χ4v) is 2.89. The Kier molecular flexibility index (Phi) is 3.39. The molecule has 2 rings (SSSR count). The number of nitrogens with two attached hydrogens (primary N) is 1. The quantitative estimate of drug-likeness (QED) is 0.623. The van der Waals surface area contributed by atoms with Crippen LogP contribution in [0.2, 0.25) is 0 Å². The summed E-state index contributed by atoms with van der Waals surface area (Å²) in [5.74, 6) is 1.07. The number of carbonyl (C=O) groups excluding carboxylic acids is 1. The van der Waals surface area contributed by atoms with Crippen molar-refractivity contribution in [1.82, 2.24) is 5.32 Å². The van der Waals surface area contributed by atoms with Gasteiger partial charge >= 0.3 is 0 Å². The van der Waals surface area contributed by atoms with E-state index in [4.69, 9.17) is 5.73 Å². The van der Waals surface area contributed by atoms with Gasteiger partial charge in [0.2, 0.25) is 5.91 Å². The lowest BCUT2D eigenvalue weighted by Gasteiger charge is -2.11. The van der Waals surface area contributed by atoms with E-state index in [1.165, 1.54) is 0 Å². The summed E-state index contributed by atoms with van der Waals surface area (Å²) in [6.45, 7) is 2.01. The molecule has 0 radical (unpaired) electrons. The molecule has 3 nitrogen and oxygen atoms in total. The van der Waals surface area contributed by atoms with Gasteiger partial charge in [0.1, 0.15) is 0 Å². The number of nitrogens with one attached hydrogen (secondary N) is 1. The number of amides is 1. The third kappa shape index (κ3) is 2.50. The molecule has 16 heavy (non-hydrogen) atoms. The molecule has 1 aliphatic heterocycles. The van der Waals surface area contributed by atoms with E-state index in [2.05, 4.69) is 5.32 Å². The molecule has 1 saturated heterocycles. The number of benzene rings is 1. The maximum absolute atomic E-state index is 11.0. The minimum Gasteiger partial charge on any atom is -0.398 e. The normalized spacial score (nSPS) is 19.8. The Morgan fingerprint density at radius 2 is 2.38 bits per heavy atom. The Morgan fingerprint density at radius 1 is 1.56 bits per heavy atom. The Morgan fingerprint density at radius 3 is 3.06 bits per heavy atom. The SMILES string of the molecule is Cc1cccc(SCC2CCC(=O)N2)c1N. The monoisotopic (exact) mass is 236 g/mol. The molecule has 1 amide bonds. The molecule has 4 heteroatoms. The van der Waals surface area contributed by atoms with Gasteiger partial charge in [0.05, 0.1) is 0 Å². The van der Waals surface area contributed by atoms with E-state index in [-0.39, 0.29) is 5.91 Å². The van der Waals surface area contributed by atoms with E-state index >= 15 is 0 Å². The van der Waals surface area contributed by atoms with Crippen molar-refractivity contribution < 1.29 is 4.79 Å². The molecule has 0 aromatic heterocycles. The third-order valence-electron chi connectivity index (χ3n) is 2.81. The fourth-order valence-electron chi connectivity index (χ4n) is 1.77. The van der Waals surface area contributed by atoms with E-state index in [1.54, 1.807) is 11.8 Å². The van der Waals surface area contributed by atoms with Crippen LogP contribution < -0.4 is 11.1 Å². The van der Waals surface area contributed by atoms with Crippen LogP contribution in [0, 0.1) is 6.92 Å². The van der Waals surface area contributed by atoms with E-state index < -0.39 is 0 Å². The zero-order valence-corrected chi connectivity index (χ0v) is 10.1. The van der Waals surface area contributed by atoms with Gasteiger partial charge < -0.3 is 11.1 Å². The van der Waals surface area contributed by atoms with Crippen molar-refractivity contribution in [3.63, 3.8) is 0 Å². The average molecular weight is 236 g/mol. The van der Waals surface area contributed by atoms with Crippen LogP contribution in [0.4, 0.5) is 5.69 Å². The van der Waals surface area contributed by atoms with Gasteiger partial charge in [-0.2, -0.15) is 0 Å². The standard InChI is InChI=1S/C12H16N2OS/c1-8-3-2-4-10(12(8)13)16-7-9-5-6-11(15)14-9/h2-4,9H,5-7,13H2,1H3,(H,14,15). The van der Waals surface area contributed by atoms with Gasteiger partial charge in [0, 0.05) is 28.8 Å². The second kappa shape index (κ2) is 4.78. The van der Waals surface area contributed by atoms with Gasteiger partial charge in [-0.05, 0) is 25.0 Å². The second-order valence-electron chi connectivity index (χ2n) is 4.10. The first-order chi connectivity index (χ1) is 7.66. The molecule has 1 aromatic rings. The summed E-state index contributed by atoms with van der Waals surface area (Å²) in [4.78, 5) is 12.2. The Bertz CT molecular complexity index is 406. The summed E-state index contributed by atoms with van der Waals surface area (Å²) in [6, 6.07) is 6.36. The van der Waals surface area contributed by atoms with Gasteiger partial charge in [-0.25, -0.2) is 0 Å². The Labute approximate surface area is 99.8 Å². The van der Waals surface area contributed by atoms with Crippen LogP contribution in [-0.2, 0) is 4.79 Å². The van der Waals surface area contributed by atoms with Crippen molar-refractivity contribution in [2.45, 2.75) is 30.7 Å².